The first-order valence-corrected chi connectivity index (χ1v) is 7.52. The Morgan fingerprint density at radius 3 is 2.36 bits per heavy atom. The first-order chi connectivity index (χ1) is 12.0. The number of ether oxygens (including phenoxy) is 2. The van der Waals surface area contributed by atoms with E-state index >= 15 is 0 Å². The summed E-state index contributed by atoms with van der Waals surface area (Å²) in [5.41, 5.74) is 0.726. The van der Waals surface area contributed by atoms with Gasteiger partial charge in [-0.25, -0.2) is 4.79 Å². The second-order valence-corrected chi connectivity index (χ2v) is 5.15. The second kappa shape index (κ2) is 8.77. The molecule has 0 unspecified atom stereocenters. The largest absolute Gasteiger partial charge is 0.452 e. The van der Waals surface area contributed by atoms with Gasteiger partial charge in [-0.15, -0.1) is 0 Å². The minimum Gasteiger partial charge on any atom is -0.452 e. The number of rotatable bonds is 7. The van der Waals surface area contributed by atoms with E-state index in [9.17, 15) is 18.4 Å². The minimum absolute atomic E-state index is 0.174. The van der Waals surface area contributed by atoms with E-state index in [1.807, 2.05) is 30.3 Å². The molecule has 0 spiro atoms. The molecular formula is C18H17F2NO4. The summed E-state index contributed by atoms with van der Waals surface area (Å²) in [4.78, 5) is 23.9. The summed E-state index contributed by atoms with van der Waals surface area (Å²) in [6, 6.07) is 14.4. The van der Waals surface area contributed by atoms with Crippen LogP contribution in [0.5, 0.6) is 5.75 Å². The van der Waals surface area contributed by atoms with Crippen LogP contribution < -0.4 is 10.1 Å². The summed E-state index contributed by atoms with van der Waals surface area (Å²) in [5, 5.41) is 2.68. The molecule has 0 heterocycles. The lowest BCUT2D eigenvalue weighted by molar-refractivity contribution is -0.124. The van der Waals surface area contributed by atoms with Crippen LogP contribution in [0.4, 0.5) is 8.78 Å². The molecule has 2 aromatic rings. The molecule has 1 amide bonds. The van der Waals surface area contributed by atoms with Crippen LogP contribution in [0, 0.1) is 0 Å². The predicted molar refractivity (Wildman–Crippen MR) is 86.4 cm³/mol. The van der Waals surface area contributed by atoms with Gasteiger partial charge in [0, 0.05) is 0 Å². The van der Waals surface area contributed by atoms with Gasteiger partial charge in [0.15, 0.2) is 6.61 Å². The van der Waals surface area contributed by atoms with E-state index < -0.39 is 25.1 Å². The van der Waals surface area contributed by atoms with Gasteiger partial charge in [0.25, 0.3) is 5.91 Å². The Kier molecular flexibility index (Phi) is 6.45. The highest BCUT2D eigenvalue weighted by Gasteiger charge is 2.18. The van der Waals surface area contributed by atoms with Gasteiger partial charge in [-0.05, 0) is 24.6 Å². The van der Waals surface area contributed by atoms with Crippen molar-refractivity contribution in [2.45, 2.75) is 19.6 Å². The summed E-state index contributed by atoms with van der Waals surface area (Å²) < 4.78 is 33.8. The van der Waals surface area contributed by atoms with E-state index in [1.165, 1.54) is 24.3 Å². The molecule has 5 nitrogen and oxygen atoms in total. The number of hydrogen-bond acceptors (Lipinski definition) is 4. The number of nitrogens with one attached hydrogen (secondary N) is 1. The molecule has 0 aliphatic rings. The van der Waals surface area contributed by atoms with Crippen LogP contribution in [-0.4, -0.2) is 25.1 Å². The molecule has 0 aliphatic carbocycles. The predicted octanol–water partition coefficient (Wildman–Crippen LogP) is 3.32. The molecule has 0 bridgehead atoms. The monoisotopic (exact) mass is 349 g/mol. The smallest absolute Gasteiger partial charge is 0.387 e. The van der Waals surface area contributed by atoms with Crippen molar-refractivity contribution in [2.75, 3.05) is 6.61 Å². The van der Waals surface area contributed by atoms with E-state index in [1.54, 1.807) is 6.92 Å². The number of para-hydroxylation sites is 1. The Balaban J connectivity index is 1.90. The molecule has 0 saturated carbocycles. The highest BCUT2D eigenvalue weighted by molar-refractivity contribution is 5.94. The maximum atomic E-state index is 12.3. The van der Waals surface area contributed by atoms with E-state index in [4.69, 9.17) is 4.74 Å². The molecule has 2 aromatic carbocycles. The lowest BCUT2D eigenvalue weighted by atomic mass is 10.1. The highest BCUT2D eigenvalue weighted by atomic mass is 19.3. The zero-order valence-electron chi connectivity index (χ0n) is 13.4. The van der Waals surface area contributed by atoms with Crippen molar-refractivity contribution < 1.29 is 27.8 Å². The van der Waals surface area contributed by atoms with Crippen LogP contribution in [-0.2, 0) is 9.53 Å². The number of esters is 1. The van der Waals surface area contributed by atoms with E-state index in [0.29, 0.717) is 0 Å². The normalized spacial score (nSPS) is 11.7. The Bertz CT molecular complexity index is 722. The Hall–Kier alpha value is -2.96. The third-order valence-corrected chi connectivity index (χ3v) is 3.33. The molecule has 1 atom stereocenters. The quantitative estimate of drug-likeness (QED) is 0.779. The summed E-state index contributed by atoms with van der Waals surface area (Å²) in [5.74, 6) is -1.73. The van der Waals surface area contributed by atoms with Crippen molar-refractivity contribution in [1.82, 2.24) is 5.32 Å². The number of alkyl halides is 2. The molecule has 0 fully saturated rings. The molecule has 0 aromatic heterocycles. The molecule has 1 N–H and O–H groups in total. The van der Waals surface area contributed by atoms with E-state index in [2.05, 4.69) is 10.1 Å². The van der Waals surface area contributed by atoms with Crippen LogP contribution in [0.25, 0.3) is 0 Å². The topological polar surface area (TPSA) is 64.6 Å². The van der Waals surface area contributed by atoms with Crippen LogP contribution in [0.15, 0.2) is 54.6 Å². The van der Waals surface area contributed by atoms with Crippen molar-refractivity contribution in [3.63, 3.8) is 0 Å². The highest BCUT2D eigenvalue weighted by Crippen LogP contribution is 2.21. The van der Waals surface area contributed by atoms with Crippen molar-refractivity contribution >= 4 is 11.9 Å². The summed E-state index contributed by atoms with van der Waals surface area (Å²) in [6.45, 7) is -1.80. The van der Waals surface area contributed by atoms with E-state index in [-0.39, 0.29) is 17.4 Å². The lowest BCUT2D eigenvalue weighted by Crippen LogP contribution is -2.31. The molecule has 0 radical (unpaired) electrons. The molecule has 132 valence electrons. The maximum absolute atomic E-state index is 12.3. The van der Waals surface area contributed by atoms with Crippen LogP contribution in [0.1, 0.15) is 28.9 Å². The van der Waals surface area contributed by atoms with Crippen molar-refractivity contribution in [3.05, 3.63) is 65.7 Å². The molecule has 0 aliphatic heterocycles. The zero-order chi connectivity index (χ0) is 18.2. The van der Waals surface area contributed by atoms with Gasteiger partial charge in [-0.1, -0.05) is 42.5 Å². The third-order valence-electron chi connectivity index (χ3n) is 3.33. The van der Waals surface area contributed by atoms with Gasteiger partial charge in [0.1, 0.15) is 11.3 Å². The van der Waals surface area contributed by atoms with Crippen LogP contribution >= 0.6 is 0 Å². The van der Waals surface area contributed by atoms with Crippen LogP contribution in [0.3, 0.4) is 0 Å². The first kappa shape index (κ1) is 18.4. The number of carbonyl (C=O) groups excluding carboxylic acids is 2. The number of hydrogen-bond donors (Lipinski definition) is 1. The van der Waals surface area contributed by atoms with Gasteiger partial charge >= 0.3 is 12.6 Å². The summed E-state index contributed by atoms with van der Waals surface area (Å²) >= 11 is 0. The number of amides is 1. The van der Waals surface area contributed by atoms with Gasteiger partial charge in [0.2, 0.25) is 0 Å². The van der Waals surface area contributed by atoms with Crippen molar-refractivity contribution in [2.24, 2.45) is 0 Å². The number of benzene rings is 2. The van der Waals surface area contributed by atoms with Gasteiger partial charge in [-0.2, -0.15) is 8.78 Å². The molecule has 25 heavy (non-hydrogen) atoms. The van der Waals surface area contributed by atoms with Gasteiger partial charge in [0.05, 0.1) is 6.04 Å². The molecule has 2 rings (SSSR count). The average Bonchev–Trinajstić information content (AvgIpc) is 2.60. The fourth-order valence-electron chi connectivity index (χ4n) is 2.15. The van der Waals surface area contributed by atoms with Crippen molar-refractivity contribution in [1.29, 1.82) is 0 Å². The Morgan fingerprint density at radius 2 is 1.68 bits per heavy atom. The summed E-state index contributed by atoms with van der Waals surface area (Å²) in [6.07, 6.45) is 0. The molecule has 0 saturated heterocycles. The number of halogens is 2. The first-order valence-electron chi connectivity index (χ1n) is 7.52. The third kappa shape index (κ3) is 5.56. The SMILES string of the molecule is C[C@H](NC(=O)COC(=O)c1ccccc1OC(F)F)c1ccccc1. The van der Waals surface area contributed by atoms with Crippen LogP contribution in [0.2, 0.25) is 0 Å². The Labute approximate surface area is 143 Å². The standard InChI is InChI=1S/C18H17F2NO4/c1-12(13-7-3-2-4-8-13)21-16(22)11-24-17(23)14-9-5-6-10-15(14)25-18(19)20/h2-10,12,18H,11H2,1H3,(H,21,22)/t12-/m0/s1. The fourth-order valence-corrected chi connectivity index (χ4v) is 2.15. The average molecular weight is 349 g/mol. The molecule has 7 heteroatoms. The maximum Gasteiger partial charge on any atom is 0.387 e. The molecular weight excluding hydrogens is 332 g/mol. The number of carbonyl (C=O) groups is 2. The summed E-state index contributed by atoms with van der Waals surface area (Å²) in [7, 11) is 0. The van der Waals surface area contributed by atoms with E-state index in [0.717, 1.165) is 5.56 Å². The van der Waals surface area contributed by atoms with Gasteiger partial charge < -0.3 is 14.8 Å². The van der Waals surface area contributed by atoms with Crippen molar-refractivity contribution in [3.8, 4) is 5.75 Å². The zero-order valence-corrected chi connectivity index (χ0v) is 13.4. The Morgan fingerprint density at radius 1 is 1.04 bits per heavy atom. The van der Waals surface area contributed by atoms with Gasteiger partial charge in [-0.3, -0.25) is 4.79 Å². The second-order valence-electron chi connectivity index (χ2n) is 5.15. The fraction of sp³-hybridized carbons (Fsp3) is 0.222. The lowest BCUT2D eigenvalue weighted by Gasteiger charge is -2.14. The minimum atomic E-state index is -3.07.